The van der Waals surface area contributed by atoms with E-state index >= 15 is 0 Å². The minimum Gasteiger partial charge on any atom is -0.414 e. The highest BCUT2D eigenvalue weighted by atomic mass is 28.4. The fourth-order valence-corrected chi connectivity index (χ4v) is 5.63. The van der Waals surface area contributed by atoms with Crippen molar-refractivity contribution in [2.24, 2.45) is 5.92 Å². The highest BCUT2D eigenvalue weighted by Gasteiger charge is 2.40. The molecule has 2 aromatic heterocycles. The van der Waals surface area contributed by atoms with Crippen LogP contribution in [0.2, 0.25) is 18.1 Å². The molecule has 0 aliphatic heterocycles. The van der Waals surface area contributed by atoms with Crippen molar-refractivity contribution < 1.29 is 9.53 Å². The van der Waals surface area contributed by atoms with Gasteiger partial charge < -0.3 is 13.9 Å². The summed E-state index contributed by atoms with van der Waals surface area (Å²) < 4.78 is 8.66. The van der Waals surface area contributed by atoms with E-state index < -0.39 is 14.4 Å². The van der Waals surface area contributed by atoms with Gasteiger partial charge in [0.1, 0.15) is 0 Å². The van der Waals surface area contributed by atoms with Crippen LogP contribution in [0.3, 0.4) is 0 Å². The average molecular weight is 403 g/mol. The lowest BCUT2D eigenvalue weighted by Crippen LogP contribution is -2.44. The lowest BCUT2D eigenvalue weighted by atomic mass is 9.79. The molecule has 0 radical (unpaired) electrons. The Balaban J connectivity index is 1.74. The van der Waals surface area contributed by atoms with E-state index in [1.807, 2.05) is 16.9 Å². The largest absolute Gasteiger partial charge is 0.414 e. The van der Waals surface area contributed by atoms with Gasteiger partial charge in [0.2, 0.25) is 0 Å². The Morgan fingerprint density at radius 1 is 1.18 bits per heavy atom. The molecule has 1 N–H and O–H groups in total. The van der Waals surface area contributed by atoms with E-state index in [1.165, 1.54) is 5.56 Å². The molecular formula is C23H38N2O2Si. The highest BCUT2D eigenvalue weighted by molar-refractivity contribution is 6.74. The van der Waals surface area contributed by atoms with E-state index in [9.17, 15) is 5.11 Å². The van der Waals surface area contributed by atoms with Gasteiger partial charge in [-0.05, 0) is 67.3 Å². The molecule has 1 fully saturated rings. The Labute approximate surface area is 171 Å². The van der Waals surface area contributed by atoms with Crippen LogP contribution in [0.1, 0.15) is 83.5 Å². The minimum absolute atomic E-state index is 0.243. The molecule has 1 aliphatic rings. The summed E-state index contributed by atoms with van der Waals surface area (Å²) in [5.41, 5.74) is 3.35. The van der Waals surface area contributed by atoms with Gasteiger partial charge in [-0.3, -0.25) is 0 Å². The van der Waals surface area contributed by atoms with Gasteiger partial charge in [0.05, 0.1) is 24.1 Å². The number of fused-ring (bicyclic) bond motifs is 1. The number of hydrogen-bond acceptors (Lipinski definition) is 3. The van der Waals surface area contributed by atoms with Gasteiger partial charge in [-0.15, -0.1) is 0 Å². The van der Waals surface area contributed by atoms with Crippen LogP contribution in [0.5, 0.6) is 0 Å². The van der Waals surface area contributed by atoms with Gasteiger partial charge in [0.25, 0.3) is 0 Å². The van der Waals surface area contributed by atoms with Gasteiger partial charge in [-0.2, -0.15) is 0 Å². The highest BCUT2D eigenvalue weighted by Crippen LogP contribution is 2.43. The summed E-state index contributed by atoms with van der Waals surface area (Å²) in [5.74, 6) is 0.667. The van der Waals surface area contributed by atoms with Crippen molar-refractivity contribution in [1.29, 1.82) is 0 Å². The van der Waals surface area contributed by atoms with Crippen molar-refractivity contribution in [2.75, 3.05) is 0 Å². The number of pyridine rings is 1. The molecule has 2 heterocycles. The second kappa shape index (κ2) is 7.92. The number of nitrogens with zero attached hydrogens (tertiary/aromatic N) is 2. The lowest BCUT2D eigenvalue weighted by Gasteiger charge is -2.42. The number of aromatic nitrogens is 2. The molecule has 0 saturated heterocycles. The van der Waals surface area contributed by atoms with E-state index in [-0.39, 0.29) is 11.0 Å². The van der Waals surface area contributed by atoms with E-state index in [0.29, 0.717) is 12.0 Å². The number of hydrogen-bond donors (Lipinski definition) is 1. The van der Waals surface area contributed by atoms with Gasteiger partial charge >= 0.3 is 0 Å². The first-order chi connectivity index (χ1) is 13.0. The number of aliphatic hydroxyl groups excluding tert-OH is 1. The molecule has 4 nitrogen and oxygen atoms in total. The van der Waals surface area contributed by atoms with Gasteiger partial charge in [-0.25, -0.2) is 4.98 Å². The van der Waals surface area contributed by atoms with Crippen LogP contribution in [0.4, 0.5) is 0 Å². The third-order valence-corrected chi connectivity index (χ3v) is 11.6. The van der Waals surface area contributed by atoms with E-state index in [4.69, 9.17) is 4.43 Å². The fraction of sp³-hybridized carbons (Fsp3) is 0.696. The Hall–Kier alpha value is -1.17. The normalized spacial score (nSPS) is 22.8. The third-order valence-electron chi connectivity index (χ3n) is 7.02. The van der Waals surface area contributed by atoms with Crippen LogP contribution in [-0.2, 0) is 4.43 Å². The summed E-state index contributed by atoms with van der Waals surface area (Å²) in [4.78, 5) is 4.30. The summed E-state index contributed by atoms with van der Waals surface area (Å²) in [6.07, 6.45) is 9.81. The number of imidazole rings is 1. The third kappa shape index (κ3) is 4.21. The summed E-state index contributed by atoms with van der Waals surface area (Å²) in [7, 11) is -1.73. The molecule has 1 atom stereocenters. The van der Waals surface area contributed by atoms with E-state index in [2.05, 4.69) is 65.0 Å². The molecule has 0 amide bonds. The predicted molar refractivity (Wildman–Crippen MR) is 118 cm³/mol. The summed E-state index contributed by atoms with van der Waals surface area (Å²) in [6, 6.07) is 2.14. The SMILES string of the molecule is CC(C)c1ccn2cncc2c1C(O)C1CCC(O[Si](C)(C)C(C)(C)C)CC1. The summed E-state index contributed by atoms with van der Waals surface area (Å²) in [6.45, 7) is 16.0. The molecule has 2 aromatic rings. The van der Waals surface area contributed by atoms with Crippen LogP contribution < -0.4 is 0 Å². The molecular weight excluding hydrogens is 364 g/mol. The topological polar surface area (TPSA) is 46.8 Å². The monoisotopic (exact) mass is 402 g/mol. The molecule has 1 saturated carbocycles. The van der Waals surface area contributed by atoms with Gasteiger partial charge in [0.15, 0.2) is 8.32 Å². The number of aliphatic hydroxyl groups is 1. The van der Waals surface area contributed by atoms with E-state index in [0.717, 1.165) is 36.8 Å². The molecule has 1 aliphatic carbocycles. The predicted octanol–water partition coefficient (Wildman–Crippen LogP) is 6.07. The maximum Gasteiger partial charge on any atom is 0.192 e. The summed E-state index contributed by atoms with van der Waals surface area (Å²) >= 11 is 0. The first kappa shape index (κ1) is 21.5. The zero-order chi connectivity index (χ0) is 20.7. The van der Waals surface area contributed by atoms with E-state index in [1.54, 1.807) is 0 Å². The fourth-order valence-electron chi connectivity index (χ4n) is 4.21. The zero-order valence-corrected chi connectivity index (χ0v) is 19.7. The molecule has 0 spiro atoms. The molecule has 156 valence electrons. The van der Waals surface area contributed by atoms with Crippen molar-refractivity contribution >= 4 is 13.8 Å². The van der Waals surface area contributed by atoms with Crippen LogP contribution in [0, 0.1) is 5.92 Å². The average Bonchev–Trinajstić information content (AvgIpc) is 3.08. The molecule has 0 aromatic carbocycles. The maximum absolute atomic E-state index is 11.4. The van der Waals surface area contributed by atoms with Crippen molar-refractivity contribution in [1.82, 2.24) is 9.38 Å². The Kier molecular flexibility index (Phi) is 6.09. The summed E-state index contributed by atoms with van der Waals surface area (Å²) in [5, 5.41) is 11.6. The Morgan fingerprint density at radius 2 is 1.82 bits per heavy atom. The van der Waals surface area contributed by atoms with Crippen LogP contribution >= 0.6 is 0 Å². The molecule has 1 unspecified atom stereocenters. The van der Waals surface area contributed by atoms with Crippen LogP contribution in [-0.4, -0.2) is 28.9 Å². The van der Waals surface area contributed by atoms with Crippen molar-refractivity contribution in [2.45, 2.75) is 96.6 Å². The van der Waals surface area contributed by atoms with Crippen LogP contribution in [0.25, 0.3) is 5.52 Å². The minimum atomic E-state index is -1.73. The van der Waals surface area contributed by atoms with Crippen molar-refractivity contribution in [3.05, 3.63) is 35.9 Å². The zero-order valence-electron chi connectivity index (χ0n) is 18.7. The van der Waals surface area contributed by atoms with Crippen molar-refractivity contribution in [3.8, 4) is 0 Å². The molecule has 28 heavy (non-hydrogen) atoms. The van der Waals surface area contributed by atoms with Gasteiger partial charge in [-0.1, -0.05) is 34.6 Å². The Bertz CT molecular complexity index is 799. The van der Waals surface area contributed by atoms with Gasteiger partial charge in [0, 0.05) is 17.9 Å². The second-order valence-corrected chi connectivity index (χ2v) is 15.1. The first-order valence-corrected chi connectivity index (χ1v) is 13.7. The van der Waals surface area contributed by atoms with Crippen molar-refractivity contribution in [3.63, 3.8) is 0 Å². The number of rotatable bonds is 5. The quantitative estimate of drug-likeness (QED) is 0.617. The molecule has 0 bridgehead atoms. The van der Waals surface area contributed by atoms with Crippen LogP contribution in [0.15, 0.2) is 24.8 Å². The Morgan fingerprint density at radius 3 is 2.39 bits per heavy atom. The maximum atomic E-state index is 11.4. The smallest absolute Gasteiger partial charge is 0.192 e. The lowest BCUT2D eigenvalue weighted by molar-refractivity contribution is 0.0454. The standard InChI is InChI=1S/C23H38N2O2Si/c1-16(2)19-12-13-25-15-24-14-20(25)21(19)22(26)17-8-10-18(11-9-17)27-28(6,7)23(3,4)5/h12-18,22,26H,8-11H2,1-7H3. The molecule has 3 rings (SSSR count). The second-order valence-electron chi connectivity index (χ2n) is 10.4. The first-order valence-electron chi connectivity index (χ1n) is 10.8. The molecule has 5 heteroatoms.